The van der Waals surface area contributed by atoms with E-state index in [9.17, 15) is 0 Å². The van der Waals surface area contributed by atoms with E-state index in [1.165, 1.54) is 19.3 Å². The molecule has 0 radical (unpaired) electrons. The van der Waals surface area contributed by atoms with Gasteiger partial charge in [0.2, 0.25) is 0 Å². The van der Waals surface area contributed by atoms with E-state index in [0.717, 1.165) is 30.1 Å². The number of hydrogen-bond acceptors (Lipinski definition) is 4. The molecule has 2 bridgehead atoms. The van der Waals surface area contributed by atoms with Crippen molar-refractivity contribution in [2.45, 2.75) is 46.1 Å². The zero-order valence-electron chi connectivity index (χ0n) is 14.4. The van der Waals surface area contributed by atoms with Crippen LogP contribution in [0.4, 0.5) is 11.5 Å². The van der Waals surface area contributed by atoms with Crippen LogP contribution >= 0.6 is 0 Å². The van der Waals surface area contributed by atoms with Gasteiger partial charge in [-0.3, -0.25) is 0 Å². The second kappa shape index (κ2) is 5.15. The number of nitrogen functional groups attached to an aromatic ring is 1. The summed E-state index contributed by atoms with van der Waals surface area (Å²) in [6.45, 7) is 8.29. The minimum Gasteiger partial charge on any atom is -0.384 e. The molecular weight excluding hydrogens is 284 g/mol. The first-order chi connectivity index (χ1) is 11.0. The third kappa shape index (κ3) is 2.30. The molecule has 3 aliphatic carbocycles. The van der Waals surface area contributed by atoms with E-state index in [4.69, 9.17) is 5.73 Å². The molecule has 0 spiro atoms. The molecule has 124 valence electrons. The fourth-order valence-electron chi connectivity index (χ4n) is 5.13. The number of fused-ring (bicyclic) bond motifs is 2. The van der Waals surface area contributed by atoms with Crippen molar-refractivity contribution in [3.05, 3.63) is 30.7 Å². The van der Waals surface area contributed by atoms with E-state index in [2.05, 4.69) is 48.0 Å². The van der Waals surface area contributed by atoms with E-state index < -0.39 is 0 Å². The van der Waals surface area contributed by atoms with Gasteiger partial charge in [-0.2, -0.15) is 0 Å². The summed E-state index contributed by atoms with van der Waals surface area (Å²) in [5.74, 6) is 3.27. The minimum absolute atomic E-state index is 0.557. The normalized spacial score (nSPS) is 32.7. The second-order valence-electron chi connectivity index (χ2n) is 8.21. The van der Waals surface area contributed by atoms with Crippen LogP contribution in [0.3, 0.4) is 0 Å². The van der Waals surface area contributed by atoms with Crippen LogP contribution < -0.4 is 10.6 Å². The largest absolute Gasteiger partial charge is 0.384 e. The van der Waals surface area contributed by atoms with Crippen molar-refractivity contribution in [2.24, 2.45) is 23.2 Å². The lowest BCUT2D eigenvalue weighted by molar-refractivity contribution is -0.120. The smallest absolute Gasteiger partial charge is 0.123 e. The molecule has 0 amide bonds. The number of aromatic nitrogens is 1. The highest BCUT2D eigenvalue weighted by molar-refractivity contribution is 5.51. The molecule has 4 heteroatoms. The zero-order valence-corrected chi connectivity index (χ0v) is 14.4. The van der Waals surface area contributed by atoms with Gasteiger partial charge in [-0.1, -0.05) is 13.8 Å². The maximum absolute atomic E-state index is 5.69. The molecule has 0 aromatic carbocycles. The van der Waals surface area contributed by atoms with Crippen LogP contribution in [0.25, 0.3) is 0 Å². The fraction of sp³-hybridized carbons (Fsp3) is 0.632. The maximum Gasteiger partial charge on any atom is 0.123 e. The van der Waals surface area contributed by atoms with Crippen LogP contribution in [0.1, 0.15) is 40.0 Å². The first-order valence-electron chi connectivity index (χ1n) is 8.89. The van der Waals surface area contributed by atoms with Crippen molar-refractivity contribution in [2.75, 3.05) is 17.3 Å². The van der Waals surface area contributed by atoms with Crippen molar-refractivity contribution in [3.63, 3.8) is 0 Å². The molecular formula is C19H28N4. The van der Waals surface area contributed by atoms with Crippen LogP contribution in [0.15, 0.2) is 30.7 Å². The molecule has 4 atom stereocenters. The molecule has 3 fully saturated rings. The molecule has 4 unspecified atom stereocenters. The Bertz CT molecular complexity index is 604. The van der Waals surface area contributed by atoms with E-state index in [1.54, 1.807) is 0 Å². The van der Waals surface area contributed by atoms with Crippen molar-refractivity contribution in [1.82, 2.24) is 9.88 Å². The van der Waals surface area contributed by atoms with Gasteiger partial charge >= 0.3 is 0 Å². The highest BCUT2D eigenvalue weighted by Gasteiger charge is 2.55. The van der Waals surface area contributed by atoms with Gasteiger partial charge in [0.05, 0.1) is 18.6 Å². The summed E-state index contributed by atoms with van der Waals surface area (Å²) in [5, 5.41) is 0. The highest BCUT2D eigenvalue weighted by Crippen LogP contribution is 2.62. The second-order valence-corrected chi connectivity index (χ2v) is 8.21. The van der Waals surface area contributed by atoms with E-state index in [1.807, 2.05) is 18.3 Å². The number of hydrogen-bond donors (Lipinski definition) is 1. The minimum atomic E-state index is 0.557. The number of anilines is 2. The molecule has 0 saturated heterocycles. The van der Waals surface area contributed by atoms with Crippen LogP contribution in [-0.4, -0.2) is 22.6 Å². The summed E-state index contributed by atoms with van der Waals surface area (Å²) in [7, 11) is 0. The van der Waals surface area contributed by atoms with Gasteiger partial charge in [0.1, 0.15) is 5.82 Å². The van der Waals surface area contributed by atoms with Crippen LogP contribution in [0, 0.1) is 23.2 Å². The van der Waals surface area contributed by atoms with Crippen LogP contribution in [0.5, 0.6) is 0 Å². The SMILES string of the molecule is CC(C1CCC2CC1C2(C)C)N1C=CN(c2ccc(N)nc2)C1. The van der Waals surface area contributed by atoms with Crippen molar-refractivity contribution < 1.29 is 0 Å². The predicted molar refractivity (Wildman–Crippen MR) is 94.5 cm³/mol. The van der Waals surface area contributed by atoms with E-state index >= 15 is 0 Å². The van der Waals surface area contributed by atoms with Gasteiger partial charge in [-0.25, -0.2) is 4.98 Å². The summed E-state index contributed by atoms with van der Waals surface area (Å²) < 4.78 is 0. The van der Waals surface area contributed by atoms with Gasteiger partial charge in [0.25, 0.3) is 0 Å². The van der Waals surface area contributed by atoms with Crippen molar-refractivity contribution in [1.29, 1.82) is 0 Å². The Kier molecular flexibility index (Phi) is 3.33. The first kappa shape index (κ1) is 14.9. The molecule has 4 nitrogen and oxygen atoms in total. The third-order valence-corrected chi connectivity index (χ3v) is 6.91. The summed E-state index contributed by atoms with van der Waals surface area (Å²) in [4.78, 5) is 8.95. The number of nitrogens with zero attached hydrogens (tertiary/aromatic N) is 3. The number of rotatable bonds is 3. The molecule has 2 heterocycles. The van der Waals surface area contributed by atoms with Crippen molar-refractivity contribution in [3.8, 4) is 0 Å². The lowest BCUT2D eigenvalue weighted by Crippen LogP contribution is -2.56. The number of nitrogens with two attached hydrogens (primary N) is 1. The van der Waals surface area contributed by atoms with E-state index in [0.29, 0.717) is 17.3 Å². The van der Waals surface area contributed by atoms with Gasteiger partial charge in [-0.05, 0) is 61.5 Å². The quantitative estimate of drug-likeness (QED) is 0.925. The third-order valence-electron chi connectivity index (χ3n) is 6.91. The molecule has 3 saturated carbocycles. The van der Waals surface area contributed by atoms with Gasteiger partial charge in [0.15, 0.2) is 0 Å². The lowest BCUT2D eigenvalue weighted by atomic mass is 9.44. The Balaban J connectivity index is 1.44. The molecule has 1 aromatic rings. The maximum atomic E-state index is 5.69. The topological polar surface area (TPSA) is 45.4 Å². The molecule has 1 aliphatic heterocycles. The van der Waals surface area contributed by atoms with Crippen molar-refractivity contribution >= 4 is 11.5 Å². The molecule has 4 aliphatic rings. The summed E-state index contributed by atoms with van der Waals surface area (Å²) in [6, 6.07) is 4.51. The van der Waals surface area contributed by atoms with Crippen LogP contribution in [-0.2, 0) is 0 Å². The average molecular weight is 312 g/mol. The molecule has 1 aromatic heterocycles. The van der Waals surface area contributed by atoms with Gasteiger partial charge in [0, 0.05) is 18.4 Å². The highest BCUT2D eigenvalue weighted by atomic mass is 15.4. The van der Waals surface area contributed by atoms with E-state index in [-0.39, 0.29) is 0 Å². The Morgan fingerprint density at radius 1 is 1.26 bits per heavy atom. The Morgan fingerprint density at radius 3 is 2.74 bits per heavy atom. The average Bonchev–Trinajstić information content (AvgIpc) is 3.04. The molecule has 5 rings (SSSR count). The monoisotopic (exact) mass is 312 g/mol. The van der Waals surface area contributed by atoms with Crippen LogP contribution in [0.2, 0.25) is 0 Å². The Hall–Kier alpha value is -1.71. The number of pyridine rings is 1. The van der Waals surface area contributed by atoms with Gasteiger partial charge in [-0.15, -0.1) is 0 Å². The predicted octanol–water partition coefficient (Wildman–Crippen LogP) is 3.68. The Labute approximate surface area is 139 Å². The molecule has 23 heavy (non-hydrogen) atoms. The standard InChI is InChI=1S/C19H28N4/c1-13(16-6-4-14-10-17(16)19(14,2)3)22-8-9-23(12-22)15-5-7-18(20)21-11-15/h5,7-9,11,13-14,16-17H,4,6,10,12H2,1-3H3,(H2,20,21). The lowest BCUT2D eigenvalue weighted by Gasteiger charge is -2.62. The summed E-state index contributed by atoms with van der Waals surface area (Å²) >= 11 is 0. The Morgan fingerprint density at radius 2 is 2.09 bits per heavy atom. The summed E-state index contributed by atoms with van der Waals surface area (Å²) in [6.07, 6.45) is 10.5. The molecule has 2 N–H and O–H groups in total. The van der Waals surface area contributed by atoms with Gasteiger partial charge < -0.3 is 15.5 Å². The first-order valence-corrected chi connectivity index (χ1v) is 8.89. The fourth-order valence-corrected chi connectivity index (χ4v) is 5.13. The summed E-state index contributed by atoms with van der Waals surface area (Å²) in [5.41, 5.74) is 7.35. The zero-order chi connectivity index (χ0) is 16.2.